The Kier molecular flexibility index (Phi) is 4.36. The van der Waals surface area contributed by atoms with Gasteiger partial charge in [-0.2, -0.15) is 5.10 Å². The number of rotatable bonds is 4. The minimum absolute atomic E-state index is 0.0175. The van der Waals surface area contributed by atoms with E-state index in [0.717, 1.165) is 25.8 Å². The fraction of sp³-hybridized carbons (Fsp3) is 0.409. The van der Waals surface area contributed by atoms with Crippen molar-refractivity contribution in [2.45, 2.75) is 37.6 Å². The van der Waals surface area contributed by atoms with Crippen LogP contribution in [0.2, 0.25) is 0 Å². The summed E-state index contributed by atoms with van der Waals surface area (Å²) in [4.78, 5) is 18.3. The number of carbonyl (C=O) groups excluding carboxylic acids is 1. The number of fused-ring (bicyclic) bond motifs is 2. The van der Waals surface area contributed by atoms with Gasteiger partial charge >= 0.3 is 0 Å². The van der Waals surface area contributed by atoms with Gasteiger partial charge in [-0.05, 0) is 61.6 Å². The van der Waals surface area contributed by atoms with Crippen molar-refractivity contribution in [1.29, 1.82) is 0 Å². The molecule has 1 fully saturated rings. The van der Waals surface area contributed by atoms with Gasteiger partial charge in [0.05, 0.1) is 0 Å². The van der Waals surface area contributed by atoms with Crippen LogP contribution < -0.4 is 5.32 Å². The van der Waals surface area contributed by atoms with Crippen LogP contribution in [0.3, 0.4) is 0 Å². The van der Waals surface area contributed by atoms with Crippen LogP contribution in [0.25, 0.3) is 10.9 Å². The number of likely N-dealkylation sites (N-methyl/N-ethyl adjacent to an activating group) is 1. The van der Waals surface area contributed by atoms with Gasteiger partial charge in [0, 0.05) is 48.2 Å². The summed E-state index contributed by atoms with van der Waals surface area (Å²) in [6, 6.07) is 10.7. The third kappa shape index (κ3) is 3.07. The molecule has 2 N–H and O–H groups in total. The third-order valence-electron chi connectivity index (χ3n) is 6.43. The van der Waals surface area contributed by atoms with E-state index in [-0.39, 0.29) is 5.91 Å². The van der Waals surface area contributed by atoms with Gasteiger partial charge in [-0.25, -0.2) is 0 Å². The molecule has 1 aromatic carbocycles. The monoisotopic (exact) mass is 375 g/mol. The van der Waals surface area contributed by atoms with E-state index in [9.17, 15) is 4.79 Å². The molecule has 2 aromatic heterocycles. The molecule has 0 bridgehead atoms. The third-order valence-corrected chi connectivity index (χ3v) is 6.43. The van der Waals surface area contributed by atoms with E-state index in [1.54, 1.807) is 18.3 Å². The Balaban J connectivity index is 1.29. The van der Waals surface area contributed by atoms with Crippen molar-refractivity contribution < 1.29 is 4.79 Å². The van der Waals surface area contributed by atoms with Crippen LogP contribution in [0, 0.1) is 5.92 Å². The van der Waals surface area contributed by atoms with Gasteiger partial charge in [0.25, 0.3) is 0 Å². The highest BCUT2D eigenvalue weighted by molar-refractivity contribution is 5.89. The first-order valence-electron chi connectivity index (χ1n) is 10.1. The maximum Gasteiger partial charge on any atom is 0.225 e. The van der Waals surface area contributed by atoms with Crippen molar-refractivity contribution in [1.82, 2.24) is 20.1 Å². The van der Waals surface area contributed by atoms with Gasteiger partial charge in [-0.1, -0.05) is 12.1 Å². The highest BCUT2D eigenvalue weighted by Gasteiger charge is 2.39. The number of amides is 1. The van der Waals surface area contributed by atoms with Crippen LogP contribution >= 0.6 is 0 Å². The van der Waals surface area contributed by atoms with Gasteiger partial charge in [0.15, 0.2) is 5.82 Å². The van der Waals surface area contributed by atoms with Gasteiger partial charge < -0.3 is 15.2 Å². The van der Waals surface area contributed by atoms with E-state index in [1.165, 1.54) is 22.0 Å². The second-order valence-corrected chi connectivity index (χ2v) is 8.20. The maximum atomic E-state index is 12.3. The zero-order chi connectivity index (χ0) is 19.1. The van der Waals surface area contributed by atoms with Crippen molar-refractivity contribution in [2.75, 3.05) is 18.9 Å². The average Bonchev–Trinajstić information content (AvgIpc) is 3.12. The highest BCUT2D eigenvalue weighted by atomic mass is 16.1. The lowest BCUT2D eigenvalue weighted by atomic mass is 9.71. The maximum absolute atomic E-state index is 12.3. The fourth-order valence-corrected chi connectivity index (χ4v) is 5.17. The van der Waals surface area contributed by atoms with E-state index in [1.807, 2.05) is 0 Å². The summed E-state index contributed by atoms with van der Waals surface area (Å²) >= 11 is 0. The Bertz CT molecular complexity index is 999. The molecule has 6 nitrogen and oxygen atoms in total. The molecule has 1 amide bonds. The Hall–Kier alpha value is -2.73. The zero-order valence-electron chi connectivity index (χ0n) is 16.1. The molecule has 6 heteroatoms. The number of H-pyrrole nitrogens is 1. The molecule has 3 heterocycles. The van der Waals surface area contributed by atoms with Crippen molar-refractivity contribution in [3.8, 4) is 0 Å². The summed E-state index contributed by atoms with van der Waals surface area (Å²) in [5.74, 6) is 1.60. The molecule has 0 saturated carbocycles. The second kappa shape index (κ2) is 7.02. The molecule has 2 aliphatic rings. The molecule has 3 aromatic rings. The van der Waals surface area contributed by atoms with Crippen LogP contribution in [0.15, 0.2) is 42.7 Å². The Morgan fingerprint density at radius 1 is 1.32 bits per heavy atom. The topological polar surface area (TPSA) is 73.9 Å². The fourth-order valence-electron chi connectivity index (χ4n) is 5.17. The van der Waals surface area contributed by atoms with E-state index < -0.39 is 0 Å². The van der Waals surface area contributed by atoms with Crippen LogP contribution in [-0.4, -0.2) is 45.6 Å². The molecule has 1 aliphatic heterocycles. The van der Waals surface area contributed by atoms with Crippen molar-refractivity contribution >= 4 is 22.6 Å². The molecule has 0 spiro atoms. The number of piperidine rings is 1. The number of aromatic nitrogens is 3. The molecule has 0 radical (unpaired) electrons. The number of benzene rings is 1. The highest BCUT2D eigenvalue weighted by Crippen LogP contribution is 2.44. The molecular weight excluding hydrogens is 350 g/mol. The lowest BCUT2D eigenvalue weighted by Gasteiger charge is -2.45. The number of hydrogen-bond acceptors (Lipinski definition) is 4. The normalized spacial score (nSPS) is 24.1. The molecule has 5 rings (SSSR count). The molecular formula is C22H25N5O. The van der Waals surface area contributed by atoms with Crippen molar-refractivity contribution in [3.63, 3.8) is 0 Å². The molecule has 1 aliphatic carbocycles. The first-order chi connectivity index (χ1) is 13.7. The van der Waals surface area contributed by atoms with E-state index >= 15 is 0 Å². The summed E-state index contributed by atoms with van der Waals surface area (Å²) in [6.45, 7) is 1.05. The first-order valence-corrected chi connectivity index (χ1v) is 10.1. The van der Waals surface area contributed by atoms with Crippen LogP contribution in [0.1, 0.15) is 36.3 Å². The molecule has 144 valence electrons. The Morgan fingerprint density at radius 2 is 2.25 bits per heavy atom. The van der Waals surface area contributed by atoms with E-state index in [2.05, 4.69) is 56.8 Å². The van der Waals surface area contributed by atoms with Crippen molar-refractivity contribution in [3.05, 3.63) is 53.9 Å². The van der Waals surface area contributed by atoms with E-state index in [0.29, 0.717) is 30.1 Å². The van der Waals surface area contributed by atoms with Crippen LogP contribution in [0.5, 0.6) is 0 Å². The van der Waals surface area contributed by atoms with Gasteiger partial charge in [-0.15, -0.1) is 5.10 Å². The van der Waals surface area contributed by atoms with Crippen molar-refractivity contribution in [2.24, 2.45) is 5.92 Å². The zero-order valence-corrected chi connectivity index (χ0v) is 16.1. The molecule has 1 saturated heterocycles. The average molecular weight is 375 g/mol. The number of carbonyl (C=O) groups is 1. The van der Waals surface area contributed by atoms with Crippen LogP contribution in [0.4, 0.5) is 5.82 Å². The summed E-state index contributed by atoms with van der Waals surface area (Å²) in [5.41, 5.74) is 4.17. The predicted molar refractivity (Wildman–Crippen MR) is 109 cm³/mol. The number of aromatic amines is 1. The lowest BCUT2D eigenvalue weighted by molar-refractivity contribution is -0.116. The standard InChI is InChI=1S/C22H25N5O/c1-27-13-14(7-8-21(28)25-20-6-3-9-24-26-20)10-17-16-4-2-5-18-22(16)15(12-23-18)11-19(17)27/h2-6,9,12,14,17,19,23H,7-8,10-11,13H2,1H3,(H,25,26,28)/t14-,17?,19-/m1/s1. The summed E-state index contributed by atoms with van der Waals surface area (Å²) < 4.78 is 0. The largest absolute Gasteiger partial charge is 0.361 e. The molecule has 1 unspecified atom stereocenters. The van der Waals surface area contributed by atoms with Gasteiger partial charge in [0.1, 0.15) is 0 Å². The molecule has 28 heavy (non-hydrogen) atoms. The summed E-state index contributed by atoms with van der Waals surface area (Å²) in [5, 5.41) is 12.0. The smallest absolute Gasteiger partial charge is 0.225 e. The first kappa shape index (κ1) is 17.4. The number of likely N-dealkylation sites (tertiary alicyclic amines) is 1. The summed E-state index contributed by atoms with van der Waals surface area (Å²) in [7, 11) is 2.24. The number of hydrogen-bond donors (Lipinski definition) is 2. The minimum atomic E-state index is 0.0175. The van der Waals surface area contributed by atoms with Gasteiger partial charge in [0.2, 0.25) is 5.91 Å². The number of nitrogens with one attached hydrogen (secondary N) is 2. The lowest BCUT2D eigenvalue weighted by Crippen LogP contribution is -2.47. The predicted octanol–water partition coefficient (Wildman–Crippen LogP) is 3.34. The second-order valence-electron chi connectivity index (χ2n) is 8.20. The minimum Gasteiger partial charge on any atom is -0.361 e. The quantitative estimate of drug-likeness (QED) is 0.733. The Morgan fingerprint density at radius 3 is 3.11 bits per heavy atom. The summed E-state index contributed by atoms with van der Waals surface area (Å²) in [6.07, 6.45) is 7.46. The molecule has 3 atom stereocenters. The number of nitrogens with zero attached hydrogens (tertiary/aromatic N) is 3. The van der Waals surface area contributed by atoms with Gasteiger partial charge in [-0.3, -0.25) is 4.79 Å². The number of anilines is 1. The van der Waals surface area contributed by atoms with Crippen LogP contribution in [-0.2, 0) is 11.2 Å². The SMILES string of the molecule is CN1C[C@H](CCC(=O)Nc2cccnn2)CC2c3cccc4[nH]cc(c34)C[C@H]21. The van der Waals surface area contributed by atoms with E-state index in [4.69, 9.17) is 0 Å². The Labute approximate surface area is 164 Å².